The summed E-state index contributed by atoms with van der Waals surface area (Å²) in [5.74, 6) is 0.921. The van der Waals surface area contributed by atoms with E-state index in [4.69, 9.17) is 0 Å². The number of carbonyl (C=O) groups is 1. The van der Waals surface area contributed by atoms with Gasteiger partial charge in [0, 0.05) is 30.3 Å². The van der Waals surface area contributed by atoms with Crippen molar-refractivity contribution in [2.45, 2.75) is 12.3 Å². The molecule has 0 aliphatic heterocycles. The van der Waals surface area contributed by atoms with Crippen LogP contribution >= 0.6 is 11.8 Å². The Bertz CT molecular complexity index is 543. The lowest BCUT2D eigenvalue weighted by Crippen LogP contribution is -2.22. The van der Waals surface area contributed by atoms with Crippen LogP contribution in [0.3, 0.4) is 0 Å². The van der Waals surface area contributed by atoms with Crippen LogP contribution in [0.25, 0.3) is 0 Å². The number of amides is 1. The summed E-state index contributed by atoms with van der Waals surface area (Å²) in [5.41, 5.74) is 3.03. The molecule has 0 unspecified atom stereocenters. The first-order valence-corrected chi connectivity index (χ1v) is 7.44. The molecule has 1 aromatic carbocycles. The largest absolute Gasteiger partial charge is 0.348 e. The molecule has 0 saturated heterocycles. The molecule has 2 rings (SSSR count). The fourth-order valence-corrected chi connectivity index (χ4v) is 2.30. The number of rotatable bonds is 5. The van der Waals surface area contributed by atoms with Gasteiger partial charge in [0.1, 0.15) is 0 Å². The van der Waals surface area contributed by atoms with Gasteiger partial charge < -0.3 is 5.32 Å². The van der Waals surface area contributed by atoms with Crippen molar-refractivity contribution in [3.05, 3.63) is 65.5 Å². The maximum Gasteiger partial charge on any atom is 0.251 e. The molecule has 3 nitrogen and oxygen atoms in total. The molecule has 0 fully saturated rings. The van der Waals surface area contributed by atoms with Gasteiger partial charge in [-0.25, -0.2) is 0 Å². The number of benzene rings is 1. The van der Waals surface area contributed by atoms with Gasteiger partial charge in [-0.2, -0.15) is 11.8 Å². The van der Waals surface area contributed by atoms with Gasteiger partial charge in [-0.05, 0) is 29.5 Å². The van der Waals surface area contributed by atoms with Gasteiger partial charge in [0.15, 0.2) is 0 Å². The van der Waals surface area contributed by atoms with Crippen LogP contribution in [0.2, 0.25) is 0 Å². The minimum Gasteiger partial charge on any atom is -0.348 e. The Morgan fingerprint density at radius 1 is 1.21 bits per heavy atom. The third-order valence-corrected chi connectivity index (χ3v) is 3.32. The van der Waals surface area contributed by atoms with Gasteiger partial charge in [-0.3, -0.25) is 9.78 Å². The van der Waals surface area contributed by atoms with E-state index in [0.29, 0.717) is 12.1 Å². The second-order valence-corrected chi connectivity index (χ2v) is 5.04. The Morgan fingerprint density at radius 2 is 1.95 bits per heavy atom. The van der Waals surface area contributed by atoms with Crippen LogP contribution in [0.5, 0.6) is 0 Å². The molecule has 0 saturated carbocycles. The zero-order chi connectivity index (χ0) is 13.5. The van der Waals surface area contributed by atoms with E-state index in [0.717, 1.165) is 11.3 Å². The zero-order valence-corrected chi connectivity index (χ0v) is 11.6. The number of hydrogen-bond donors (Lipinski definition) is 1. The van der Waals surface area contributed by atoms with Crippen molar-refractivity contribution in [3.8, 4) is 0 Å². The van der Waals surface area contributed by atoms with E-state index in [2.05, 4.69) is 28.7 Å². The molecular weight excluding hydrogens is 256 g/mol. The maximum absolute atomic E-state index is 11.9. The van der Waals surface area contributed by atoms with Crippen LogP contribution < -0.4 is 5.32 Å². The highest BCUT2D eigenvalue weighted by atomic mass is 32.2. The normalized spacial score (nSPS) is 10.2. The predicted molar refractivity (Wildman–Crippen MR) is 79.1 cm³/mol. The Balaban J connectivity index is 1.95. The van der Waals surface area contributed by atoms with Crippen LogP contribution in [0.15, 0.2) is 48.8 Å². The topological polar surface area (TPSA) is 42.0 Å². The highest BCUT2D eigenvalue weighted by Gasteiger charge is 2.04. The van der Waals surface area contributed by atoms with E-state index in [1.807, 2.05) is 12.1 Å². The third kappa shape index (κ3) is 4.10. The van der Waals surface area contributed by atoms with Crippen molar-refractivity contribution in [2.24, 2.45) is 0 Å². The van der Waals surface area contributed by atoms with Crippen molar-refractivity contribution in [2.75, 3.05) is 6.26 Å². The number of thioether (sulfide) groups is 1. The van der Waals surface area contributed by atoms with E-state index in [9.17, 15) is 4.79 Å². The first-order valence-electron chi connectivity index (χ1n) is 6.04. The lowest BCUT2D eigenvalue weighted by atomic mass is 10.1. The molecule has 2 aromatic rings. The van der Waals surface area contributed by atoms with Crippen molar-refractivity contribution in [1.29, 1.82) is 0 Å². The maximum atomic E-state index is 11.9. The molecule has 0 atom stereocenters. The summed E-state index contributed by atoms with van der Waals surface area (Å²) in [4.78, 5) is 15.8. The van der Waals surface area contributed by atoms with Gasteiger partial charge in [0.2, 0.25) is 0 Å². The molecule has 98 valence electrons. The summed E-state index contributed by atoms with van der Waals surface area (Å²) in [6.45, 7) is 0.545. The lowest BCUT2D eigenvalue weighted by Gasteiger charge is -2.07. The average Bonchev–Trinajstić information content (AvgIpc) is 2.46. The standard InChI is InChI=1S/C15H16N2OS/c1-19-11-13-4-2-3-12(9-13)10-17-15(18)14-5-7-16-8-6-14/h2-9H,10-11H2,1H3,(H,17,18). The molecule has 19 heavy (non-hydrogen) atoms. The highest BCUT2D eigenvalue weighted by Crippen LogP contribution is 2.11. The third-order valence-electron chi connectivity index (χ3n) is 2.70. The van der Waals surface area contributed by atoms with E-state index >= 15 is 0 Å². The van der Waals surface area contributed by atoms with E-state index in [1.165, 1.54) is 5.56 Å². The van der Waals surface area contributed by atoms with Crippen LogP contribution in [-0.2, 0) is 12.3 Å². The van der Waals surface area contributed by atoms with Gasteiger partial charge >= 0.3 is 0 Å². The van der Waals surface area contributed by atoms with Crippen molar-refractivity contribution in [3.63, 3.8) is 0 Å². The van der Waals surface area contributed by atoms with Crippen LogP contribution in [0.1, 0.15) is 21.5 Å². The Kier molecular flexibility index (Phi) is 4.98. The van der Waals surface area contributed by atoms with Gasteiger partial charge in [-0.1, -0.05) is 24.3 Å². The monoisotopic (exact) mass is 272 g/mol. The highest BCUT2D eigenvalue weighted by molar-refractivity contribution is 7.97. The Morgan fingerprint density at radius 3 is 2.68 bits per heavy atom. The SMILES string of the molecule is CSCc1cccc(CNC(=O)c2ccncc2)c1. The van der Waals surface area contributed by atoms with E-state index < -0.39 is 0 Å². The molecule has 4 heteroatoms. The number of nitrogens with one attached hydrogen (secondary N) is 1. The van der Waals surface area contributed by atoms with Crippen molar-refractivity contribution in [1.82, 2.24) is 10.3 Å². The van der Waals surface area contributed by atoms with E-state index in [1.54, 1.807) is 36.3 Å². The quantitative estimate of drug-likeness (QED) is 0.910. The summed E-state index contributed by atoms with van der Waals surface area (Å²) >= 11 is 1.79. The van der Waals surface area contributed by atoms with Crippen LogP contribution in [0, 0.1) is 0 Å². The molecular formula is C15H16N2OS. The molecule has 1 amide bonds. The van der Waals surface area contributed by atoms with Crippen LogP contribution in [-0.4, -0.2) is 17.1 Å². The van der Waals surface area contributed by atoms with Gasteiger partial charge in [-0.15, -0.1) is 0 Å². The number of carbonyl (C=O) groups excluding carboxylic acids is 1. The van der Waals surface area contributed by atoms with Crippen molar-refractivity contribution < 1.29 is 4.79 Å². The second-order valence-electron chi connectivity index (χ2n) is 4.17. The summed E-state index contributed by atoms with van der Waals surface area (Å²) in [7, 11) is 0. The summed E-state index contributed by atoms with van der Waals surface area (Å²) in [6, 6.07) is 11.7. The van der Waals surface area contributed by atoms with E-state index in [-0.39, 0.29) is 5.91 Å². The minimum atomic E-state index is -0.0716. The summed E-state index contributed by atoms with van der Waals surface area (Å²) in [5, 5.41) is 2.91. The molecule has 0 aliphatic rings. The van der Waals surface area contributed by atoms with Crippen molar-refractivity contribution >= 4 is 17.7 Å². The molecule has 1 N–H and O–H groups in total. The number of aromatic nitrogens is 1. The summed E-state index contributed by atoms with van der Waals surface area (Å²) < 4.78 is 0. The Hall–Kier alpha value is -1.81. The van der Waals surface area contributed by atoms with Crippen LogP contribution in [0.4, 0.5) is 0 Å². The number of pyridine rings is 1. The summed E-state index contributed by atoms with van der Waals surface area (Å²) in [6.07, 6.45) is 5.32. The first kappa shape index (κ1) is 13.6. The second kappa shape index (κ2) is 6.95. The number of nitrogens with zero attached hydrogens (tertiary/aromatic N) is 1. The average molecular weight is 272 g/mol. The minimum absolute atomic E-state index is 0.0716. The fourth-order valence-electron chi connectivity index (χ4n) is 1.78. The lowest BCUT2D eigenvalue weighted by molar-refractivity contribution is 0.0951. The first-order chi connectivity index (χ1) is 9.29. The molecule has 0 spiro atoms. The smallest absolute Gasteiger partial charge is 0.251 e. The molecule has 1 aromatic heterocycles. The Labute approximate surface area is 117 Å². The van der Waals surface area contributed by atoms with Gasteiger partial charge in [0.25, 0.3) is 5.91 Å². The predicted octanol–water partition coefficient (Wildman–Crippen LogP) is 2.87. The molecule has 1 heterocycles. The molecule has 0 aliphatic carbocycles. The zero-order valence-electron chi connectivity index (χ0n) is 10.8. The van der Waals surface area contributed by atoms with Gasteiger partial charge in [0.05, 0.1) is 0 Å². The molecule has 0 radical (unpaired) electrons. The molecule has 0 bridgehead atoms. The fraction of sp³-hybridized carbons (Fsp3) is 0.200. The number of hydrogen-bond acceptors (Lipinski definition) is 3.